The van der Waals surface area contributed by atoms with E-state index in [0.29, 0.717) is 21.3 Å². The van der Waals surface area contributed by atoms with Gasteiger partial charge in [-0.25, -0.2) is 5.10 Å². The Balaban J connectivity index is 3.03. The average Bonchev–Trinajstić information content (AvgIpc) is 2.41. The highest BCUT2D eigenvalue weighted by atomic mass is 79.9. The fraction of sp³-hybridized carbons (Fsp3) is 0.143. The van der Waals surface area contributed by atoms with Gasteiger partial charge in [0.2, 0.25) is 0 Å². The molecule has 0 bridgehead atoms. The molecule has 0 aromatic carbocycles. The Kier molecular flexibility index (Phi) is 1.54. The van der Waals surface area contributed by atoms with Crippen molar-refractivity contribution < 1.29 is 4.42 Å². The highest BCUT2D eigenvalue weighted by molar-refractivity contribution is 9.10. The van der Waals surface area contributed by atoms with E-state index >= 15 is 0 Å². The fourth-order valence-corrected chi connectivity index (χ4v) is 1.43. The van der Waals surface area contributed by atoms with Gasteiger partial charge in [0.15, 0.2) is 10.3 Å². The standard InChI is InChI=1S/C7H5BrN2O2/c1-3-6-4(2-5(8)12-6)7(11)10-9-3/h2H,1H3,(H,10,11). The van der Waals surface area contributed by atoms with Crippen molar-refractivity contribution in [2.75, 3.05) is 0 Å². The molecule has 0 saturated heterocycles. The predicted octanol–water partition coefficient (Wildman–Crippen LogP) is 1.59. The number of rotatable bonds is 0. The van der Waals surface area contributed by atoms with E-state index in [4.69, 9.17) is 4.42 Å². The van der Waals surface area contributed by atoms with Crippen LogP contribution in [0.25, 0.3) is 11.0 Å². The van der Waals surface area contributed by atoms with Gasteiger partial charge < -0.3 is 4.42 Å². The quantitative estimate of drug-likeness (QED) is 0.746. The first-order chi connectivity index (χ1) is 5.68. The Morgan fingerprint density at radius 1 is 1.67 bits per heavy atom. The number of hydrogen-bond donors (Lipinski definition) is 1. The molecule has 2 rings (SSSR count). The zero-order valence-electron chi connectivity index (χ0n) is 6.22. The Morgan fingerprint density at radius 2 is 2.42 bits per heavy atom. The molecule has 0 saturated carbocycles. The van der Waals surface area contributed by atoms with Gasteiger partial charge in [-0.1, -0.05) is 0 Å². The first kappa shape index (κ1) is 7.54. The predicted molar refractivity (Wildman–Crippen MR) is 47.1 cm³/mol. The summed E-state index contributed by atoms with van der Waals surface area (Å²) in [4.78, 5) is 11.1. The van der Waals surface area contributed by atoms with Crippen molar-refractivity contribution >= 4 is 26.9 Å². The third-order valence-corrected chi connectivity index (χ3v) is 1.99. The normalized spacial score (nSPS) is 10.8. The van der Waals surface area contributed by atoms with Gasteiger partial charge in [-0.3, -0.25) is 4.79 Å². The van der Waals surface area contributed by atoms with Crippen LogP contribution in [0.15, 0.2) is 19.9 Å². The smallest absolute Gasteiger partial charge is 0.275 e. The molecule has 0 aliphatic heterocycles. The van der Waals surface area contributed by atoms with Crippen molar-refractivity contribution in [2.45, 2.75) is 6.92 Å². The summed E-state index contributed by atoms with van der Waals surface area (Å²) in [5, 5.41) is 6.66. The molecule has 0 fully saturated rings. The molecule has 0 atom stereocenters. The van der Waals surface area contributed by atoms with Crippen molar-refractivity contribution in [3.8, 4) is 0 Å². The highest BCUT2D eigenvalue weighted by Gasteiger charge is 2.07. The van der Waals surface area contributed by atoms with E-state index in [9.17, 15) is 4.79 Å². The van der Waals surface area contributed by atoms with E-state index in [1.54, 1.807) is 13.0 Å². The van der Waals surface area contributed by atoms with Crippen LogP contribution < -0.4 is 5.56 Å². The van der Waals surface area contributed by atoms with Crippen LogP contribution in [0.2, 0.25) is 0 Å². The zero-order valence-corrected chi connectivity index (χ0v) is 7.81. The van der Waals surface area contributed by atoms with Gasteiger partial charge >= 0.3 is 0 Å². The molecule has 0 spiro atoms. The van der Waals surface area contributed by atoms with Crippen LogP contribution >= 0.6 is 15.9 Å². The topological polar surface area (TPSA) is 58.9 Å². The van der Waals surface area contributed by atoms with Crippen LogP contribution in [0.3, 0.4) is 0 Å². The molecule has 0 amide bonds. The summed E-state index contributed by atoms with van der Waals surface area (Å²) < 4.78 is 5.75. The number of aryl methyl sites for hydroxylation is 1. The van der Waals surface area contributed by atoms with Gasteiger partial charge in [0.05, 0.1) is 5.39 Å². The third kappa shape index (κ3) is 0.972. The largest absolute Gasteiger partial charge is 0.447 e. The Morgan fingerprint density at radius 3 is 3.08 bits per heavy atom. The minimum Gasteiger partial charge on any atom is -0.447 e. The van der Waals surface area contributed by atoms with E-state index in [0.717, 1.165) is 0 Å². The van der Waals surface area contributed by atoms with Crippen LogP contribution in [0.4, 0.5) is 0 Å². The number of furan rings is 1. The van der Waals surface area contributed by atoms with Crippen molar-refractivity contribution in [1.82, 2.24) is 10.2 Å². The number of H-pyrrole nitrogens is 1. The second kappa shape index (κ2) is 2.45. The van der Waals surface area contributed by atoms with Crippen molar-refractivity contribution in [3.63, 3.8) is 0 Å². The third-order valence-electron chi connectivity index (χ3n) is 1.60. The Hall–Kier alpha value is -1.10. The van der Waals surface area contributed by atoms with Crippen LogP contribution in [0.1, 0.15) is 5.69 Å². The first-order valence-corrected chi connectivity index (χ1v) is 4.12. The Labute approximate surface area is 75.7 Å². The molecule has 2 aromatic rings. The average molecular weight is 229 g/mol. The minimum atomic E-state index is -0.231. The summed E-state index contributed by atoms with van der Waals surface area (Å²) in [6.07, 6.45) is 0. The maximum atomic E-state index is 11.1. The second-order valence-electron chi connectivity index (χ2n) is 2.43. The van der Waals surface area contributed by atoms with E-state index in [2.05, 4.69) is 26.1 Å². The number of fused-ring (bicyclic) bond motifs is 1. The first-order valence-electron chi connectivity index (χ1n) is 3.33. The van der Waals surface area contributed by atoms with Crippen LogP contribution in [-0.4, -0.2) is 10.2 Å². The van der Waals surface area contributed by atoms with Gasteiger partial charge in [-0.05, 0) is 22.9 Å². The van der Waals surface area contributed by atoms with E-state index in [1.807, 2.05) is 0 Å². The summed E-state index contributed by atoms with van der Waals surface area (Å²) >= 11 is 3.15. The summed E-state index contributed by atoms with van der Waals surface area (Å²) in [5.41, 5.74) is 0.978. The molecule has 1 N–H and O–H groups in total. The lowest BCUT2D eigenvalue weighted by Crippen LogP contribution is -2.07. The molecule has 2 aromatic heterocycles. The number of aromatic nitrogens is 2. The molecule has 0 aliphatic rings. The molecule has 5 heteroatoms. The molecule has 4 nitrogen and oxygen atoms in total. The molecule has 12 heavy (non-hydrogen) atoms. The maximum Gasteiger partial charge on any atom is 0.275 e. The van der Waals surface area contributed by atoms with Crippen LogP contribution in [0.5, 0.6) is 0 Å². The van der Waals surface area contributed by atoms with E-state index < -0.39 is 0 Å². The number of nitrogens with one attached hydrogen (secondary N) is 1. The SMILES string of the molecule is Cc1n[nH]c(=O)c2cc(Br)oc12. The summed E-state index contributed by atoms with van der Waals surface area (Å²) in [6, 6.07) is 1.63. The van der Waals surface area contributed by atoms with Gasteiger partial charge in [0.1, 0.15) is 5.69 Å². The van der Waals surface area contributed by atoms with Crippen LogP contribution in [0, 0.1) is 6.92 Å². The van der Waals surface area contributed by atoms with Gasteiger partial charge in [-0.15, -0.1) is 0 Å². The molecule has 62 valence electrons. The number of nitrogens with zero attached hydrogens (tertiary/aromatic N) is 1. The lowest BCUT2D eigenvalue weighted by Gasteiger charge is -1.89. The van der Waals surface area contributed by atoms with Gasteiger partial charge in [0.25, 0.3) is 5.56 Å². The number of halogens is 1. The summed E-state index contributed by atoms with van der Waals surface area (Å²) in [6.45, 7) is 1.77. The Bertz CT molecular complexity index is 486. The lowest BCUT2D eigenvalue weighted by molar-refractivity contribution is 0.581. The van der Waals surface area contributed by atoms with Crippen molar-refractivity contribution in [3.05, 3.63) is 26.8 Å². The molecular weight excluding hydrogens is 224 g/mol. The number of aromatic amines is 1. The number of hydrogen-bond acceptors (Lipinski definition) is 3. The molecular formula is C7H5BrN2O2. The second-order valence-corrected chi connectivity index (χ2v) is 3.21. The van der Waals surface area contributed by atoms with Crippen molar-refractivity contribution in [1.29, 1.82) is 0 Å². The molecule has 0 unspecified atom stereocenters. The lowest BCUT2D eigenvalue weighted by atomic mass is 10.3. The maximum absolute atomic E-state index is 11.1. The minimum absolute atomic E-state index is 0.231. The van der Waals surface area contributed by atoms with Gasteiger partial charge in [-0.2, -0.15) is 5.10 Å². The van der Waals surface area contributed by atoms with E-state index in [-0.39, 0.29) is 5.56 Å². The zero-order chi connectivity index (χ0) is 8.72. The monoisotopic (exact) mass is 228 g/mol. The summed E-state index contributed by atoms with van der Waals surface area (Å²) in [5.74, 6) is 0. The van der Waals surface area contributed by atoms with Gasteiger partial charge in [0, 0.05) is 6.07 Å². The molecule has 0 radical (unpaired) electrons. The van der Waals surface area contributed by atoms with Crippen molar-refractivity contribution in [2.24, 2.45) is 0 Å². The molecule has 2 heterocycles. The summed E-state index contributed by atoms with van der Waals surface area (Å²) in [7, 11) is 0. The van der Waals surface area contributed by atoms with Crippen LogP contribution in [-0.2, 0) is 0 Å². The highest BCUT2D eigenvalue weighted by Crippen LogP contribution is 2.21. The molecule has 0 aliphatic carbocycles. The van der Waals surface area contributed by atoms with E-state index in [1.165, 1.54) is 0 Å². The fourth-order valence-electron chi connectivity index (χ4n) is 1.04.